The van der Waals surface area contributed by atoms with E-state index in [0.29, 0.717) is 10.8 Å². The summed E-state index contributed by atoms with van der Waals surface area (Å²) in [6.45, 7) is 28.7. The van der Waals surface area contributed by atoms with Crippen molar-refractivity contribution in [1.82, 2.24) is 0 Å². The molecule has 26 heavy (non-hydrogen) atoms. The number of hydrogen-bond donors (Lipinski definition) is 0. The van der Waals surface area contributed by atoms with E-state index in [1.165, 1.54) is 21.6 Å². The molecule has 0 saturated heterocycles. The van der Waals surface area contributed by atoms with E-state index in [9.17, 15) is 0 Å². The van der Waals surface area contributed by atoms with Gasteiger partial charge in [-0.1, -0.05) is 0 Å². The molecule has 150 valence electrons. The van der Waals surface area contributed by atoms with Crippen molar-refractivity contribution in [1.29, 1.82) is 0 Å². The average molecular weight is 419 g/mol. The second kappa shape index (κ2) is 7.30. The van der Waals surface area contributed by atoms with Gasteiger partial charge in [0, 0.05) is 0 Å². The molecule has 0 nitrogen and oxygen atoms in total. The van der Waals surface area contributed by atoms with E-state index in [1.54, 1.807) is 4.40 Å². The zero-order chi connectivity index (χ0) is 20.8. The molecule has 0 N–H and O–H groups in total. The van der Waals surface area contributed by atoms with Crippen LogP contribution in [0.4, 0.5) is 0 Å². The summed E-state index contributed by atoms with van der Waals surface area (Å²) in [6.07, 6.45) is 0. The maximum absolute atomic E-state index is 2.69. The standard InChI is InChI=1S/C25H46Ge/c1-22(2,3)17-26(13,18-23(4,5)6)21-15-19(24(7,8)9)14-20(16-21)25(10,11)12/h14-16H,17-18H2,1-13H3. The van der Waals surface area contributed by atoms with E-state index >= 15 is 0 Å². The summed E-state index contributed by atoms with van der Waals surface area (Å²) in [7, 11) is 0. The molecule has 0 spiro atoms. The monoisotopic (exact) mass is 420 g/mol. The molecule has 0 radical (unpaired) electrons. The van der Waals surface area contributed by atoms with Crippen LogP contribution in [0, 0.1) is 10.8 Å². The van der Waals surface area contributed by atoms with Crippen LogP contribution in [-0.4, -0.2) is 13.3 Å². The van der Waals surface area contributed by atoms with E-state index in [-0.39, 0.29) is 10.8 Å². The molecule has 0 aromatic heterocycles. The molecule has 0 aliphatic rings. The van der Waals surface area contributed by atoms with Crippen LogP contribution in [0.25, 0.3) is 0 Å². The van der Waals surface area contributed by atoms with E-state index in [4.69, 9.17) is 0 Å². The van der Waals surface area contributed by atoms with Gasteiger partial charge in [0.25, 0.3) is 0 Å². The van der Waals surface area contributed by atoms with Crippen molar-refractivity contribution in [2.45, 2.75) is 110 Å². The van der Waals surface area contributed by atoms with Crippen molar-refractivity contribution < 1.29 is 0 Å². The van der Waals surface area contributed by atoms with Gasteiger partial charge in [0.15, 0.2) is 0 Å². The second-order valence-corrected chi connectivity index (χ2v) is 22.6. The third-order valence-corrected chi connectivity index (χ3v) is 16.5. The molecule has 0 atom stereocenters. The molecule has 0 aliphatic carbocycles. The van der Waals surface area contributed by atoms with Gasteiger partial charge in [-0.05, 0) is 0 Å². The Morgan fingerprint density at radius 3 is 1.12 bits per heavy atom. The van der Waals surface area contributed by atoms with E-state index in [2.05, 4.69) is 107 Å². The minimum atomic E-state index is -2.24. The Hall–Kier alpha value is -0.237. The van der Waals surface area contributed by atoms with Gasteiger partial charge in [-0.15, -0.1) is 0 Å². The summed E-state index contributed by atoms with van der Waals surface area (Å²) in [5.41, 5.74) is 4.20. The third kappa shape index (κ3) is 7.06. The van der Waals surface area contributed by atoms with E-state index in [1.807, 2.05) is 0 Å². The predicted molar refractivity (Wildman–Crippen MR) is 124 cm³/mol. The summed E-state index contributed by atoms with van der Waals surface area (Å²) in [5.74, 6) is 2.69. The first kappa shape index (κ1) is 23.8. The fourth-order valence-corrected chi connectivity index (χ4v) is 17.5. The van der Waals surface area contributed by atoms with Gasteiger partial charge in [-0.3, -0.25) is 0 Å². The van der Waals surface area contributed by atoms with Gasteiger partial charge in [-0.2, -0.15) is 0 Å². The fraction of sp³-hybridized carbons (Fsp3) is 0.760. The first-order valence-corrected chi connectivity index (χ1v) is 16.5. The number of rotatable bonds is 3. The Balaban J connectivity index is 3.68. The summed E-state index contributed by atoms with van der Waals surface area (Å²) in [4.78, 5) is 0. The van der Waals surface area contributed by atoms with E-state index < -0.39 is 13.3 Å². The van der Waals surface area contributed by atoms with E-state index in [0.717, 1.165) is 0 Å². The van der Waals surface area contributed by atoms with Crippen LogP contribution >= 0.6 is 0 Å². The minimum absolute atomic E-state index is 0.197. The molecule has 0 fully saturated rings. The summed E-state index contributed by atoms with van der Waals surface area (Å²) >= 11 is -2.24. The van der Waals surface area contributed by atoms with Gasteiger partial charge in [0.05, 0.1) is 0 Å². The van der Waals surface area contributed by atoms with Crippen LogP contribution in [-0.2, 0) is 10.8 Å². The van der Waals surface area contributed by atoms with Gasteiger partial charge >= 0.3 is 168 Å². The van der Waals surface area contributed by atoms with Crippen molar-refractivity contribution in [2.24, 2.45) is 10.8 Å². The van der Waals surface area contributed by atoms with Gasteiger partial charge in [0.2, 0.25) is 0 Å². The van der Waals surface area contributed by atoms with Crippen LogP contribution in [0.15, 0.2) is 18.2 Å². The zero-order valence-electron chi connectivity index (χ0n) is 20.1. The molecular formula is C25H46Ge. The van der Waals surface area contributed by atoms with Crippen LogP contribution in [0.1, 0.15) is 94.2 Å². The quantitative estimate of drug-likeness (QED) is 0.441. The van der Waals surface area contributed by atoms with Crippen molar-refractivity contribution in [2.75, 3.05) is 0 Å². The molecule has 1 aromatic carbocycles. The zero-order valence-corrected chi connectivity index (χ0v) is 22.2. The first-order valence-electron chi connectivity index (χ1n) is 10.4. The normalized spacial score (nSPS) is 14.7. The van der Waals surface area contributed by atoms with Crippen LogP contribution < -0.4 is 4.40 Å². The molecule has 1 aromatic rings. The molecule has 0 heterocycles. The van der Waals surface area contributed by atoms with Crippen LogP contribution in [0.5, 0.6) is 0 Å². The SMILES string of the molecule is CC(C)(C)[CH2][Ge]([CH3])([CH2]C(C)(C)C)[c]1cc(C(C)(C)C)cc(C(C)(C)C)c1. The second-order valence-electron chi connectivity index (χ2n) is 13.3. The topological polar surface area (TPSA) is 0 Å². The van der Waals surface area contributed by atoms with Gasteiger partial charge < -0.3 is 0 Å². The van der Waals surface area contributed by atoms with Crippen molar-refractivity contribution >= 4 is 17.7 Å². The van der Waals surface area contributed by atoms with Crippen molar-refractivity contribution in [3.8, 4) is 0 Å². The molecule has 0 bridgehead atoms. The molecule has 0 aliphatic heterocycles. The molecule has 0 saturated carbocycles. The summed E-state index contributed by atoms with van der Waals surface area (Å²) in [6, 6.07) is 7.65. The van der Waals surface area contributed by atoms with Gasteiger partial charge in [-0.25, -0.2) is 0 Å². The Morgan fingerprint density at radius 1 is 0.577 bits per heavy atom. The van der Waals surface area contributed by atoms with Crippen molar-refractivity contribution in [3.63, 3.8) is 0 Å². The Kier molecular flexibility index (Phi) is 6.68. The summed E-state index contributed by atoms with van der Waals surface area (Å²) < 4.78 is 1.72. The molecule has 1 rings (SSSR count). The van der Waals surface area contributed by atoms with Crippen LogP contribution in [0.2, 0.25) is 16.3 Å². The molecule has 0 amide bonds. The average Bonchev–Trinajstić information content (AvgIpc) is 2.31. The van der Waals surface area contributed by atoms with Gasteiger partial charge in [0.1, 0.15) is 0 Å². The van der Waals surface area contributed by atoms with Crippen LogP contribution in [0.3, 0.4) is 0 Å². The fourth-order valence-electron chi connectivity index (χ4n) is 4.45. The Labute approximate surface area is 167 Å². The number of hydrogen-bond acceptors (Lipinski definition) is 0. The Morgan fingerprint density at radius 2 is 0.885 bits per heavy atom. The summed E-state index contributed by atoms with van der Waals surface area (Å²) in [5, 5.41) is 2.78. The molecule has 1 heteroatoms. The van der Waals surface area contributed by atoms with Crippen molar-refractivity contribution in [3.05, 3.63) is 29.3 Å². The first-order chi connectivity index (χ1) is 11.2. The predicted octanol–water partition coefficient (Wildman–Crippen LogP) is 7.66. The number of benzene rings is 1. The maximum atomic E-state index is 2.69. The molecular weight excluding hydrogens is 373 g/mol. The Bertz CT molecular complexity index is 561. The third-order valence-electron chi connectivity index (χ3n) is 5.20. The molecule has 0 unspecified atom stereocenters.